The molecule has 0 bridgehead atoms. The van der Waals surface area contributed by atoms with Crippen molar-refractivity contribution in [3.63, 3.8) is 0 Å². The van der Waals surface area contributed by atoms with Crippen LogP contribution in [0.15, 0.2) is 57.9 Å². The summed E-state index contributed by atoms with van der Waals surface area (Å²) in [6, 6.07) is 14.7. The minimum absolute atomic E-state index is 0.0666. The molecule has 0 unspecified atom stereocenters. The molecule has 0 radical (unpaired) electrons. The lowest BCUT2D eigenvalue weighted by Gasteiger charge is -2.22. The number of hydrogen-bond donors (Lipinski definition) is 2. The second kappa shape index (κ2) is 8.76. The monoisotopic (exact) mass is 411 g/mol. The van der Waals surface area contributed by atoms with Crippen molar-refractivity contribution in [2.24, 2.45) is 0 Å². The number of piperidine rings is 1. The Morgan fingerprint density at radius 1 is 1.08 bits per heavy atom. The molecule has 2 aromatic carbocycles. The quantitative estimate of drug-likeness (QED) is 0.728. The summed E-state index contributed by atoms with van der Waals surface area (Å²) >= 11 is 3.45. The summed E-state index contributed by atoms with van der Waals surface area (Å²) in [5, 5.41) is 3.44. The molecule has 130 valence electrons. The Kier molecular flexibility index (Phi) is 6.98. The summed E-state index contributed by atoms with van der Waals surface area (Å²) < 4.78 is 30.7. The van der Waals surface area contributed by atoms with Crippen LogP contribution in [0.25, 0.3) is 0 Å². The smallest absolute Gasteiger partial charge is 0.294 e. The molecule has 2 aromatic rings. The Morgan fingerprint density at radius 2 is 1.71 bits per heavy atom. The van der Waals surface area contributed by atoms with Crippen molar-refractivity contribution in [2.75, 3.05) is 13.1 Å². The fourth-order valence-electron chi connectivity index (χ4n) is 2.58. The highest BCUT2D eigenvalue weighted by atomic mass is 79.9. The van der Waals surface area contributed by atoms with Gasteiger partial charge in [0.15, 0.2) is 0 Å². The number of hydrogen-bond acceptors (Lipinski definition) is 3. The van der Waals surface area contributed by atoms with Gasteiger partial charge < -0.3 is 5.32 Å². The molecule has 6 heteroatoms. The topological polar surface area (TPSA) is 66.4 Å². The van der Waals surface area contributed by atoms with Crippen molar-refractivity contribution in [1.82, 2.24) is 5.32 Å². The van der Waals surface area contributed by atoms with Gasteiger partial charge in [0.05, 0.1) is 4.90 Å². The van der Waals surface area contributed by atoms with Crippen molar-refractivity contribution in [2.45, 2.75) is 30.6 Å². The lowest BCUT2D eigenvalue weighted by atomic mass is 9.92. The molecule has 1 atom stereocenters. The standard InChI is InChI=1S/C11H14BrN.C7H8O3S/c12-11-5-3-9(4-6-11)10-2-1-7-13-8-10;1-6-2-4-7(5-3-6)11(8,9)10/h3-6,10,13H,1-2,7-8H2;2-5H,1H3,(H,8,9,10)/t10-;/m1./s1. The summed E-state index contributed by atoms with van der Waals surface area (Å²) in [5.41, 5.74) is 2.42. The van der Waals surface area contributed by atoms with Crippen molar-refractivity contribution >= 4 is 26.0 Å². The molecule has 1 aliphatic rings. The Hall–Kier alpha value is -1.21. The molecule has 0 saturated carbocycles. The molecule has 24 heavy (non-hydrogen) atoms. The van der Waals surface area contributed by atoms with E-state index in [-0.39, 0.29) is 4.90 Å². The van der Waals surface area contributed by atoms with E-state index >= 15 is 0 Å². The second-order valence-electron chi connectivity index (χ2n) is 5.88. The van der Waals surface area contributed by atoms with E-state index in [2.05, 4.69) is 45.5 Å². The zero-order valence-electron chi connectivity index (χ0n) is 13.6. The molecule has 1 fully saturated rings. The predicted molar refractivity (Wildman–Crippen MR) is 100.0 cm³/mol. The second-order valence-corrected chi connectivity index (χ2v) is 8.22. The normalized spacial score (nSPS) is 17.7. The third-order valence-corrected chi connectivity index (χ3v) is 5.35. The Bertz CT molecular complexity index is 737. The van der Waals surface area contributed by atoms with E-state index < -0.39 is 10.1 Å². The molecule has 1 aliphatic heterocycles. The first-order valence-electron chi connectivity index (χ1n) is 7.86. The molecule has 4 nitrogen and oxygen atoms in total. The SMILES string of the molecule is Brc1ccc([C@@H]2CCCNC2)cc1.Cc1ccc(S(=O)(=O)O)cc1. The van der Waals surface area contributed by atoms with Crippen molar-refractivity contribution in [3.8, 4) is 0 Å². The van der Waals surface area contributed by atoms with Gasteiger partial charge in [-0.3, -0.25) is 4.55 Å². The number of halogens is 1. The van der Waals surface area contributed by atoms with Gasteiger partial charge in [-0.1, -0.05) is 45.8 Å². The highest BCUT2D eigenvalue weighted by molar-refractivity contribution is 9.10. The van der Waals surface area contributed by atoms with Crippen LogP contribution in [-0.2, 0) is 10.1 Å². The fourth-order valence-corrected chi connectivity index (χ4v) is 3.33. The van der Waals surface area contributed by atoms with Crippen LogP contribution >= 0.6 is 15.9 Å². The molecule has 2 N–H and O–H groups in total. The molecule has 0 aliphatic carbocycles. The van der Waals surface area contributed by atoms with Crippen LogP contribution in [0.1, 0.15) is 29.9 Å². The van der Waals surface area contributed by atoms with Gasteiger partial charge in [-0.2, -0.15) is 8.42 Å². The Labute approximate surface area is 152 Å². The highest BCUT2D eigenvalue weighted by Crippen LogP contribution is 2.24. The molecule has 0 amide bonds. The average Bonchev–Trinajstić information content (AvgIpc) is 2.56. The number of nitrogens with one attached hydrogen (secondary N) is 1. The van der Waals surface area contributed by atoms with E-state index in [4.69, 9.17) is 4.55 Å². The maximum Gasteiger partial charge on any atom is 0.294 e. The zero-order valence-corrected chi connectivity index (χ0v) is 16.0. The van der Waals surface area contributed by atoms with E-state index in [1.54, 1.807) is 12.1 Å². The van der Waals surface area contributed by atoms with Crippen LogP contribution in [-0.4, -0.2) is 26.1 Å². The number of benzene rings is 2. The molecule has 1 saturated heterocycles. The predicted octanol–water partition coefficient (Wildman–Crippen LogP) is 4.16. The average molecular weight is 412 g/mol. The summed E-state index contributed by atoms with van der Waals surface area (Å²) in [4.78, 5) is -0.0666. The Balaban J connectivity index is 0.000000177. The van der Waals surface area contributed by atoms with Gasteiger partial charge in [0.1, 0.15) is 0 Å². The van der Waals surface area contributed by atoms with Crippen LogP contribution in [0.3, 0.4) is 0 Å². The maximum atomic E-state index is 10.5. The largest absolute Gasteiger partial charge is 0.316 e. The van der Waals surface area contributed by atoms with Crippen LogP contribution in [0.4, 0.5) is 0 Å². The summed E-state index contributed by atoms with van der Waals surface area (Å²) in [7, 11) is -4.02. The minimum Gasteiger partial charge on any atom is -0.316 e. The van der Waals surface area contributed by atoms with E-state index in [0.29, 0.717) is 0 Å². The van der Waals surface area contributed by atoms with Gasteiger partial charge >= 0.3 is 0 Å². The minimum atomic E-state index is -4.02. The van der Waals surface area contributed by atoms with Gasteiger partial charge in [0, 0.05) is 11.0 Å². The number of aryl methyl sites for hydroxylation is 1. The van der Waals surface area contributed by atoms with Gasteiger partial charge in [-0.25, -0.2) is 0 Å². The Morgan fingerprint density at radius 3 is 2.21 bits per heavy atom. The van der Waals surface area contributed by atoms with E-state index in [1.165, 1.54) is 41.6 Å². The van der Waals surface area contributed by atoms with E-state index in [1.807, 2.05) is 6.92 Å². The van der Waals surface area contributed by atoms with Gasteiger partial charge in [0.2, 0.25) is 0 Å². The van der Waals surface area contributed by atoms with E-state index in [9.17, 15) is 8.42 Å². The van der Waals surface area contributed by atoms with E-state index in [0.717, 1.165) is 18.0 Å². The van der Waals surface area contributed by atoms with Crippen molar-refractivity contribution in [1.29, 1.82) is 0 Å². The zero-order chi connectivity index (χ0) is 17.6. The summed E-state index contributed by atoms with van der Waals surface area (Å²) in [6.45, 7) is 4.17. The first-order valence-corrected chi connectivity index (χ1v) is 10.1. The van der Waals surface area contributed by atoms with Gasteiger partial charge in [-0.05, 0) is 62.1 Å². The summed E-state index contributed by atoms with van der Waals surface area (Å²) in [5.74, 6) is 0.724. The van der Waals surface area contributed by atoms with Crippen LogP contribution < -0.4 is 5.32 Å². The lowest BCUT2D eigenvalue weighted by molar-refractivity contribution is 0.461. The third-order valence-electron chi connectivity index (χ3n) is 3.96. The van der Waals surface area contributed by atoms with Crippen LogP contribution in [0, 0.1) is 6.92 Å². The van der Waals surface area contributed by atoms with Crippen LogP contribution in [0.2, 0.25) is 0 Å². The molecule has 1 heterocycles. The maximum absolute atomic E-state index is 10.5. The molecule has 0 aromatic heterocycles. The molecular formula is C18H22BrNO3S. The lowest BCUT2D eigenvalue weighted by Crippen LogP contribution is -2.28. The first kappa shape index (κ1) is 19.1. The summed E-state index contributed by atoms with van der Waals surface area (Å²) in [6.07, 6.45) is 2.63. The van der Waals surface area contributed by atoms with Crippen LogP contribution in [0.5, 0.6) is 0 Å². The third kappa shape index (κ3) is 6.02. The van der Waals surface area contributed by atoms with Crippen molar-refractivity contribution < 1.29 is 13.0 Å². The van der Waals surface area contributed by atoms with Gasteiger partial charge in [0.25, 0.3) is 10.1 Å². The molecule has 0 spiro atoms. The number of rotatable bonds is 2. The van der Waals surface area contributed by atoms with Gasteiger partial charge in [-0.15, -0.1) is 0 Å². The first-order chi connectivity index (χ1) is 11.4. The fraction of sp³-hybridized carbons (Fsp3) is 0.333. The highest BCUT2D eigenvalue weighted by Gasteiger charge is 2.14. The molecule has 3 rings (SSSR count). The van der Waals surface area contributed by atoms with Crippen molar-refractivity contribution in [3.05, 3.63) is 64.1 Å². The molecular weight excluding hydrogens is 390 g/mol.